The van der Waals surface area contributed by atoms with Crippen molar-refractivity contribution in [3.05, 3.63) is 83.2 Å². The van der Waals surface area contributed by atoms with Crippen LogP contribution in [0, 0.1) is 0 Å². The van der Waals surface area contributed by atoms with Crippen molar-refractivity contribution >= 4 is 0 Å². The molecule has 2 heterocycles. The van der Waals surface area contributed by atoms with Gasteiger partial charge in [0.15, 0.2) is 11.5 Å². The van der Waals surface area contributed by atoms with E-state index >= 15 is 0 Å². The zero-order valence-corrected chi connectivity index (χ0v) is 17.5. The van der Waals surface area contributed by atoms with Crippen molar-refractivity contribution in [2.75, 3.05) is 20.8 Å². The van der Waals surface area contributed by atoms with Crippen molar-refractivity contribution in [1.29, 1.82) is 0 Å². The van der Waals surface area contributed by atoms with Gasteiger partial charge in [0.25, 0.3) is 0 Å². The molecule has 0 aliphatic carbocycles. The fraction of sp³-hybridized carbons (Fsp3) is 0.333. The third kappa shape index (κ3) is 4.14. The van der Waals surface area contributed by atoms with E-state index in [-0.39, 0.29) is 5.56 Å². The molecule has 31 heavy (non-hydrogen) atoms. The number of benzene rings is 2. The Balaban J connectivity index is 1.83. The molecule has 1 atom stereocenters. The van der Waals surface area contributed by atoms with Gasteiger partial charge in [-0.3, -0.25) is 4.90 Å². The second kappa shape index (κ2) is 8.67. The summed E-state index contributed by atoms with van der Waals surface area (Å²) in [4.78, 5) is 2.10. The van der Waals surface area contributed by atoms with Crippen LogP contribution in [0.25, 0.3) is 0 Å². The zero-order chi connectivity index (χ0) is 22.0. The molecule has 4 nitrogen and oxygen atoms in total. The summed E-state index contributed by atoms with van der Waals surface area (Å²) in [6, 6.07) is 14.8. The minimum absolute atomic E-state index is 0.263. The van der Waals surface area contributed by atoms with Crippen molar-refractivity contribution in [2.45, 2.75) is 31.7 Å². The molecular formula is C24H25F3N2O2. The topological polar surface area (TPSA) is 26.6 Å². The van der Waals surface area contributed by atoms with Gasteiger partial charge in [0.05, 0.1) is 25.8 Å². The molecule has 0 fully saturated rings. The van der Waals surface area contributed by atoms with Gasteiger partial charge >= 0.3 is 6.18 Å². The minimum Gasteiger partial charge on any atom is -0.493 e. The molecule has 164 valence electrons. The SMILES string of the molecule is COc1cccc(CN2CCCn3cccc3C2c2ccccc2C(F)(F)F)c1OC. The van der Waals surface area contributed by atoms with Crippen LogP contribution in [0.1, 0.15) is 34.8 Å². The second-order valence-electron chi connectivity index (χ2n) is 7.59. The van der Waals surface area contributed by atoms with E-state index in [0.29, 0.717) is 24.6 Å². The average molecular weight is 430 g/mol. The molecule has 2 aromatic carbocycles. The number of alkyl halides is 3. The lowest BCUT2D eigenvalue weighted by atomic mass is 9.95. The van der Waals surface area contributed by atoms with E-state index in [4.69, 9.17) is 9.47 Å². The monoisotopic (exact) mass is 430 g/mol. The summed E-state index contributed by atoms with van der Waals surface area (Å²) >= 11 is 0. The molecule has 1 aliphatic rings. The zero-order valence-electron chi connectivity index (χ0n) is 17.5. The molecule has 1 unspecified atom stereocenters. The van der Waals surface area contributed by atoms with Crippen LogP contribution in [0.5, 0.6) is 11.5 Å². The maximum absolute atomic E-state index is 13.9. The normalized spacial score (nSPS) is 17.1. The fourth-order valence-corrected chi connectivity index (χ4v) is 4.46. The first-order valence-corrected chi connectivity index (χ1v) is 10.2. The van der Waals surface area contributed by atoms with Crippen LogP contribution in [0.3, 0.4) is 0 Å². The first-order valence-electron chi connectivity index (χ1n) is 10.2. The lowest BCUT2D eigenvalue weighted by molar-refractivity contribution is -0.138. The van der Waals surface area contributed by atoms with Crippen LogP contribution < -0.4 is 9.47 Å². The van der Waals surface area contributed by atoms with Gasteiger partial charge in [-0.2, -0.15) is 13.2 Å². The summed E-state index contributed by atoms with van der Waals surface area (Å²) in [5, 5.41) is 0. The van der Waals surface area contributed by atoms with Crippen LogP contribution in [-0.2, 0) is 19.3 Å². The van der Waals surface area contributed by atoms with Gasteiger partial charge in [-0.15, -0.1) is 0 Å². The highest BCUT2D eigenvalue weighted by Crippen LogP contribution is 2.41. The lowest BCUT2D eigenvalue weighted by Crippen LogP contribution is -2.31. The number of aromatic nitrogens is 1. The summed E-state index contributed by atoms with van der Waals surface area (Å²) in [6.45, 7) is 1.85. The molecule has 4 rings (SSSR count). The molecule has 0 saturated carbocycles. The molecule has 1 aliphatic heterocycles. The number of halogens is 3. The third-order valence-corrected chi connectivity index (χ3v) is 5.77. The summed E-state index contributed by atoms with van der Waals surface area (Å²) in [6.07, 6.45) is -1.66. The van der Waals surface area contributed by atoms with Gasteiger partial charge < -0.3 is 14.0 Å². The third-order valence-electron chi connectivity index (χ3n) is 5.77. The Bertz CT molecular complexity index is 1050. The number of ether oxygens (including phenoxy) is 2. The molecule has 0 amide bonds. The first kappa shape index (κ1) is 21.3. The Labute approximate surface area is 179 Å². The largest absolute Gasteiger partial charge is 0.493 e. The molecule has 1 aromatic heterocycles. The Hall–Kier alpha value is -2.93. The Kier molecular flexibility index (Phi) is 5.96. The highest BCUT2D eigenvalue weighted by Gasteiger charge is 2.38. The second-order valence-corrected chi connectivity index (χ2v) is 7.59. The predicted molar refractivity (Wildman–Crippen MR) is 112 cm³/mol. The minimum atomic E-state index is -4.43. The first-order chi connectivity index (χ1) is 14.9. The molecule has 3 aromatic rings. The van der Waals surface area contributed by atoms with Gasteiger partial charge in [-0.1, -0.05) is 30.3 Å². The van der Waals surface area contributed by atoms with Gasteiger partial charge in [0, 0.05) is 37.1 Å². The van der Waals surface area contributed by atoms with E-state index in [2.05, 4.69) is 9.47 Å². The van der Waals surface area contributed by atoms with Gasteiger partial charge in [0.1, 0.15) is 0 Å². The summed E-state index contributed by atoms with van der Waals surface area (Å²) < 4.78 is 54.8. The van der Waals surface area contributed by atoms with Crippen molar-refractivity contribution in [2.24, 2.45) is 0 Å². The highest BCUT2D eigenvalue weighted by atomic mass is 19.4. The lowest BCUT2D eigenvalue weighted by Gasteiger charge is -2.32. The van der Waals surface area contributed by atoms with E-state index < -0.39 is 17.8 Å². The summed E-state index contributed by atoms with van der Waals surface area (Å²) in [5.41, 5.74) is 1.39. The van der Waals surface area contributed by atoms with E-state index in [1.807, 2.05) is 36.5 Å². The smallest absolute Gasteiger partial charge is 0.416 e. The number of aryl methyl sites for hydroxylation is 1. The number of rotatable bonds is 5. The highest BCUT2D eigenvalue weighted by molar-refractivity contribution is 5.47. The Morgan fingerprint density at radius 1 is 0.935 bits per heavy atom. The van der Waals surface area contributed by atoms with Crippen molar-refractivity contribution in [3.63, 3.8) is 0 Å². The van der Waals surface area contributed by atoms with E-state index in [9.17, 15) is 13.2 Å². The quantitative estimate of drug-likeness (QED) is 0.533. The van der Waals surface area contributed by atoms with Crippen molar-refractivity contribution in [1.82, 2.24) is 9.47 Å². The standard InChI is InChI=1S/C24H25F3N2O2/c1-30-21-12-5-8-17(23(21)31-2)16-29-15-7-14-28-13-6-11-20(28)22(29)18-9-3-4-10-19(18)24(25,26)27/h3-6,8-13,22H,7,14-16H2,1-2H3. The van der Waals surface area contributed by atoms with E-state index in [0.717, 1.165) is 30.3 Å². The van der Waals surface area contributed by atoms with Gasteiger partial charge in [-0.05, 0) is 36.2 Å². The van der Waals surface area contributed by atoms with Crippen LogP contribution in [0.15, 0.2) is 60.8 Å². The molecule has 0 radical (unpaired) electrons. The number of hydrogen-bond donors (Lipinski definition) is 0. The number of nitrogens with zero attached hydrogens (tertiary/aromatic N) is 2. The maximum atomic E-state index is 13.9. The molecule has 7 heteroatoms. The van der Waals surface area contributed by atoms with Gasteiger partial charge in [0.2, 0.25) is 0 Å². The molecule has 0 bridgehead atoms. The molecule has 0 N–H and O–H groups in total. The maximum Gasteiger partial charge on any atom is 0.416 e. The summed E-state index contributed by atoms with van der Waals surface area (Å²) in [7, 11) is 3.15. The van der Waals surface area contributed by atoms with Crippen molar-refractivity contribution < 1.29 is 22.6 Å². The van der Waals surface area contributed by atoms with E-state index in [1.54, 1.807) is 26.4 Å². The Morgan fingerprint density at radius 3 is 2.48 bits per heavy atom. The fourth-order valence-electron chi connectivity index (χ4n) is 4.46. The van der Waals surface area contributed by atoms with Crippen LogP contribution in [0.2, 0.25) is 0 Å². The molecule has 0 saturated heterocycles. The van der Waals surface area contributed by atoms with Crippen molar-refractivity contribution in [3.8, 4) is 11.5 Å². The number of para-hydroxylation sites is 1. The van der Waals surface area contributed by atoms with Crippen LogP contribution in [0.4, 0.5) is 13.2 Å². The number of fused-ring (bicyclic) bond motifs is 1. The average Bonchev–Trinajstić information content (AvgIpc) is 3.14. The molecule has 0 spiro atoms. The van der Waals surface area contributed by atoms with Crippen LogP contribution >= 0.6 is 0 Å². The van der Waals surface area contributed by atoms with Crippen LogP contribution in [-0.4, -0.2) is 30.2 Å². The van der Waals surface area contributed by atoms with E-state index in [1.165, 1.54) is 6.07 Å². The Morgan fingerprint density at radius 2 is 1.74 bits per heavy atom. The number of hydrogen-bond acceptors (Lipinski definition) is 3. The predicted octanol–water partition coefficient (Wildman–Crippen LogP) is 5.52. The number of methoxy groups -OCH3 is 2. The summed E-state index contributed by atoms with van der Waals surface area (Å²) in [5.74, 6) is 1.21. The molecular weight excluding hydrogens is 405 g/mol. The van der Waals surface area contributed by atoms with Gasteiger partial charge in [-0.25, -0.2) is 0 Å².